The van der Waals surface area contributed by atoms with E-state index in [-0.39, 0.29) is 0 Å². The first-order valence-corrected chi connectivity index (χ1v) is 10.1. The second-order valence-corrected chi connectivity index (χ2v) is 8.10. The first-order chi connectivity index (χ1) is 13.5. The number of fused-ring (bicyclic) bond motifs is 1. The molecule has 0 saturated heterocycles. The van der Waals surface area contributed by atoms with E-state index in [2.05, 4.69) is 18.0 Å². The number of aromatic nitrogens is 4. The van der Waals surface area contributed by atoms with E-state index < -0.39 is 0 Å². The lowest BCUT2D eigenvalue weighted by Crippen LogP contribution is -2.22. The fourth-order valence-electron chi connectivity index (χ4n) is 3.07. The number of hydrogen-bond acceptors (Lipinski definition) is 6. The number of para-hydroxylation sites is 1. The molecule has 4 aromatic rings. The van der Waals surface area contributed by atoms with Crippen LogP contribution in [0.3, 0.4) is 0 Å². The number of hydrogen-bond donors (Lipinski definition) is 0. The SMILES string of the molecule is COc1ccc(-c2nn(CN(C)Cc3nc4ccccc4s3)c(=S)n2C)cc1. The van der Waals surface area contributed by atoms with Gasteiger partial charge in [0.15, 0.2) is 10.6 Å². The number of rotatable bonds is 6. The molecule has 0 aliphatic rings. The predicted molar refractivity (Wildman–Crippen MR) is 115 cm³/mol. The fraction of sp³-hybridized carbons (Fsp3) is 0.250. The van der Waals surface area contributed by atoms with E-state index in [1.165, 1.54) is 4.70 Å². The molecule has 2 aromatic carbocycles. The highest BCUT2D eigenvalue weighted by molar-refractivity contribution is 7.71. The molecule has 0 aliphatic heterocycles. The molecule has 2 heterocycles. The molecule has 0 N–H and O–H groups in total. The van der Waals surface area contributed by atoms with Gasteiger partial charge in [-0.15, -0.1) is 11.3 Å². The zero-order valence-corrected chi connectivity index (χ0v) is 17.6. The fourth-order valence-corrected chi connectivity index (χ4v) is 4.30. The largest absolute Gasteiger partial charge is 0.497 e. The third kappa shape index (κ3) is 3.71. The van der Waals surface area contributed by atoms with Gasteiger partial charge in [0.1, 0.15) is 10.8 Å². The number of nitrogens with zero attached hydrogens (tertiary/aromatic N) is 5. The van der Waals surface area contributed by atoms with Crippen LogP contribution >= 0.6 is 23.6 Å². The highest BCUT2D eigenvalue weighted by atomic mass is 32.1. The number of ether oxygens (including phenoxy) is 1. The highest BCUT2D eigenvalue weighted by Gasteiger charge is 2.13. The normalized spacial score (nSPS) is 11.4. The van der Waals surface area contributed by atoms with Gasteiger partial charge in [-0.2, -0.15) is 5.10 Å². The van der Waals surface area contributed by atoms with Gasteiger partial charge in [0.2, 0.25) is 0 Å². The van der Waals surface area contributed by atoms with Crippen LogP contribution in [0.4, 0.5) is 0 Å². The Kier molecular flexibility index (Phi) is 5.25. The molecule has 4 rings (SSSR count). The average molecular weight is 412 g/mol. The molecule has 0 aliphatic carbocycles. The summed E-state index contributed by atoms with van der Waals surface area (Å²) in [5.74, 6) is 1.65. The Labute approximate surface area is 172 Å². The summed E-state index contributed by atoms with van der Waals surface area (Å²) in [4.78, 5) is 6.87. The predicted octanol–water partition coefficient (Wildman–Crippen LogP) is 4.33. The maximum Gasteiger partial charge on any atom is 0.199 e. The smallest absolute Gasteiger partial charge is 0.199 e. The van der Waals surface area contributed by atoms with Crippen LogP contribution in [-0.4, -0.2) is 38.4 Å². The first kappa shape index (κ1) is 18.8. The van der Waals surface area contributed by atoms with E-state index >= 15 is 0 Å². The summed E-state index contributed by atoms with van der Waals surface area (Å²) in [5.41, 5.74) is 2.05. The molecule has 2 aromatic heterocycles. The van der Waals surface area contributed by atoms with Gasteiger partial charge in [-0.25, -0.2) is 9.67 Å². The molecule has 0 radical (unpaired) electrons. The lowest BCUT2D eigenvalue weighted by atomic mass is 10.2. The Morgan fingerprint density at radius 2 is 1.89 bits per heavy atom. The molecule has 0 amide bonds. The second kappa shape index (κ2) is 7.83. The molecule has 6 nitrogen and oxygen atoms in total. The van der Waals surface area contributed by atoms with Crippen molar-refractivity contribution in [2.24, 2.45) is 7.05 Å². The van der Waals surface area contributed by atoms with Crippen LogP contribution in [0.15, 0.2) is 48.5 Å². The van der Waals surface area contributed by atoms with Crippen LogP contribution in [-0.2, 0) is 20.3 Å². The van der Waals surface area contributed by atoms with Gasteiger partial charge < -0.3 is 9.30 Å². The summed E-state index contributed by atoms with van der Waals surface area (Å²) in [6, 6.07) is 16.0. The Hall–Kier alpha value is -2.55. The molecule has 28 heavy (non-hydrogen) atoms. The van der Waals surface area contributed by atoms with E-state index in [4.69, 9.17) is 27.0 Å². The molecular weight excluding hydrogens is 390 g/mol. The Morgan fingerprint density at radius 3 is 2.61 bits per heavy atom. The topological polar surface area (TPSA) is 48.1 Å². The van der Waals surface area contributed by atoms with Crippen molar-refractivity contribution < 1.29 is 4.74 Å². The van der Waals surface area contributed by atoms with E-state index in [0.717, 1.165) is 34.2 Å². The Bertz CT molecular complexity index is 1130. The second-order valence-electron chi connectivity index (χ2n) is 6.62. The van der Waals surface area contributed by atoms with Crippen LogP contribution in [0.1, 0.15) is 5.01 Å². The Morgan fingerprint density at radius 1 is 1.14 bits per heavy atom. The standard InChI is InChI=1S/C20H21N5OS2/c1-23(12-18-21-16-6-4-5-7-17(16)28-18)13-25-20(27)24(2)19(22-25)14-8-10-15(26-3)11-9-14/h4-11H,12-13H2,1-3H3. The molecule has 144 valence electrons. The monoisotopic (exact) mass is 411 g/mol. The number of methoxy groups -OCH3 is 1. The van der Waals surface area contributed by atoms with Gasteiger partial charge in [-0.3, -0.25) is 4.90 Å². The van der Waals surface area contributed by atoms with E-state index in [1.54, 1.807) is 18.4 Å². The zero-order valence-electron chi connectivity index (χ0n) is 16.0. The minimum atomic E-state index is 0.596. The van der Waals surface area contributed by atoms with Crippen molar-refractivity contribution in [2.75, 3.05) is 14.2 Å². The van der Waals surface area contributed by atoms with Crippen LogP contribution < -0.4 is 4.74 Å². The molecule has 8 heteroatoms. The van der Waals surface area contributed by atoms with Gasteiger partial charge in [0.05, 0.1) is 30.5 Å². The maximum atomic E-state index is 5.60. The van der Waals surface area contributed by atoms with Crippen LogP contribution in [0.25, 0.3) is 21.6 Å². The van der Waals surface area contributed by atoms with E-state index in [0.29, 0.717) is 11.4 Å². The van der Waals surface area contributed by atoms with Crippen molar-refractivity contribution in [3.05, 3.63) is 58.3 Å². The summed E-state index contributed by atoms with van der Waals surface area (Å²) in [7, 11) is 5.65. The van der Waals surface area contributed by atoms with Gasteiger partial charge in [0.25, 0.3) is 0 Å². The van der Waals surface area contributed by atoms with Gasteiger partial charge >= 0.3 is 0 Å². The van der Waals surface area contributed by atoms with Crippen molar-refractivity contribution in [3.8, 4) is 17.1 Å². The molecule has 0 fully saturated rings. The van der Waals surface area contributed by atoms with Crippen molar-refractivity contribution >= 4 is 33.8 Å². The van der Waals surface area contributed by atoms with Gasteiger partial charge in [0, 0.05) is 12.6 Å². The minimum Gasteiger partial charge on any atom is -0.497 e. The van der Waals surface area contributed by atoms with Crippen molar-refractivity contribution in [2.45, 2.75) is 13.2 Å². The van der Waals surface area contributed by atoms with E-state index in [9.17, 15) is 0 Å². The van der Waals surface area contributed by atoms with Crippen LogP contribution in [0, 0.1) is 4.77 Å². The van der Waals surface area contributed by atoms with Gasteiger partial charge in [-0.1, -0.05) is 12.1 Å². The van der Waals surface area contributed by atoms with E-state index in [1.807, 2.05) is 58.8 Å². The third-order valence-corrected chi connectivity index (χ3v) is 6.01. The molecule has 0 bridgehead atoms. The third-order valence-electron chi connectivity index (χ3n) is 4.51. The van der Waals surface area contributed by atoms with Crippen molar-refractivity contribution in [1.29, 1.82) is 0 Å². The van der Waals surface area contributed by atoms with Crippen molar-refractivity contribution in [3.63, 3.8) is 0 Å². The minimum absolute atomic E-state index is 0.596. The van der Waals surface area contributed by atoms with Crippen LogP contribution in [0.2, 0.25) is 0 Å². The van der Waals surface area contributed by atoms with Crippen LogP contribution in [0.5, 0.6) is 5.75 Å². The Balaban J connectivity index is 1.53. The quantitative estimate of drug-likeness (QED) is 0.442. The number of benzene rings is 2. The summed E-state index contributed by atoms with van der Waals surface area (Å²) >= 11 is 7.32. The maximum absolute atomic E-state index is 5.60. The zero-order chi connectivity index (χ0) is 19.7. The molecule has 0 atom stereocenters. The van der Waals surface area contributed by atoms with Crippen molar-refractivity contribution in [1.82, 2.24) is 24.2 Å². The first-order valence-electron chi connectivity index (χ1n) is 8.86. The number of thiazole rings is 1. The summed E-state index contributed by atoms with van der Waals surface area (Å²) in [5, 5.41) is 5.82. The summed E-state index contributed by atoms with van der Waals surface area (Å²) in [6.07, 6.45) is 0. The summed E-state index contributed by atoms with van der Waals surface area (Å²) in [6.45, 7) is 1.34. The lowest BCUT2D eigenvalue weighted by molar-refractivity contribution is 0.244. The average Bonchev–Trinajstić information content (AvgIpc) is 3.23. The van der Waals surface area contributed by atoms with Gasteiger partial charge in [-0.05, 0) is 55.7 Å². The lowest BCUT2D eigenvalue weighted by Gasteiger charge is -2.14. The molecular formula is C20H21N5OS2. The highest BCUT2D eigenvalue weighted by Crippen LogP contribution is 2.23. The molecule has 0 unspecified atom stereocenters. The summed E-state index contributed by atoms with van der Waals surface area (Å²) < 4.78 is 10.9. The molecule has 0 spiro atoms. The molecule has 0 saturated carbocycles.